The fourth-order valence-electron chi connectivity index (χ4n) is 2.96. The molecule has 0 bridgehead atoms. The third kappa shape index (κ3) is 4.33. The summed E-state index contributed by atoms with van der Waals surface area (Å²) in [6.07, 6.45) is 1.68. The number of carbonyl (C=O) groups excluding carboxylic acids is 3. The zero-order valence-corrected chi connectivity index (χ0v) is 14.8. The van der Waals surface area contributed by atoms with Crippen LogP contribution in [0.5, 0.6) is 0 Å². The molecule has 0 radical (unpaired) electrons. The van der Waals surface area contributed by atoms with E-state index in [1.165, 1.54) is 11.3 Å². The van der Waals surface area contributed by atoms with Crippen LogP contribution in [0.2, 0.25) is 0 Å². The highest BCUT2D eigenvalue weighted by Crippen LogP contribution is 2.22. The maximum atomic E-state index is 12.5. The molecule has 1 aromatic rings. The largest absolute Gasteiger partial charge is 0.466 e. The Kier molecular flexibility index (Phi) is 6.33. The number of carbonyl (C=O) groups is 3. The highest BCUT2D eigenvalue weighted by Gasteiger charge is 2.35. The van der Waals surface area contributed by atoms with Gasteiger partial charge < -0.3 is 20.7 Å². The van der Waals surface area contributed by atoms with Crippen molar-refractivity contribution >= 4 is 34.1 Å². The van der Waals surface area contributed by atoms with Crippen molar-refractivity contribution in [1.29, 1.82) is 0 Å². The van der Waals surface area contributed by atoms with Crippen LogP contribution in [0.25, 0.3) is 0 Å². The molecule has 0 spiro atoms. The first-order chi connectivity index (χ1) is 11.4. The molecular formula is C16H24N3O4S+. The van der Waals surface area contributed by atoms with E-state index in [1.807, 2.05) is 6.92 Å². The van der Waals surface area contributed by atoms with Crippen molar-refractivity contribution < 1.29 is 24.0 Å². The normalized spacial score (nSPS) is 21.8. The number of esters is 1. The van der Waals surface area contributed by atoms with Gasteiger partial charge in [0.1, 0.15) is 10.9 Å². The van der Waals surface area contributed by atoms with Crippen LogP contribution in [0.3, 0.4) is 0 Å². The van der Waals surface area contributed by atoms with E-state index in [4.69, 9.17) is 10.5 Å². The van der Waals surface area contributed by atoms with E-state index in [1.54, 1.807) is 18.4 Å². The fraction of sp³-hybridized carbons (Fsp3) is 0.562. The van der Waals surface area contributed by atoms with Crippen LogP contribution in [-0.2, 0) is 14.3 Å². The van der Waals surface area contributed by atoms with Crippen molar-refractivity contribution in [3.63, 3.8) is 0 Å². The number of thiophene rings is 1. The lowest BCUT2D eigenvalue weighted by Crippen LogP contribution is -3.18. The second-order valence-electron chi connectivity index (χ2n) is 5.94. The molecule has 2 amide bonds. The van der Waals surface area contributed by atoms with E-state index in [0.29, 0.717) is 23.7 Å². The summed E-state index contributed by atoms with van der Waals surface area (Å²) in [4.78, 5) is 36.8. The molecular weight excluding hydrogens is 330 g/mol. The lowest BCUT2D eigenvalue weighted by atomic mass is 9.97. The summed E-state index contributed by atoms with van der Waals surface area (Å²) in [7, 11) is 0. The monoisotopic (exact) mass is 354 g/mol. The number of primary amides is 1. The molecule has 2 heterocycles. The Hall–Kier alpha value is -1.93. The van der Waals surface area contributed by atoms with Gasteiger partial charge in [0, 0.05) is 0 Å². The first kappa shape index (κ1) is 18.4. The van der Waals surface area contributed by atoms with Gasteiger partial charge in [-0.05, 0) is 38.1 Å². The lowest BCUT2D eigenvalue weighted by Gasteiger charge is -2.32. The summed E-state index contributed by atoms with van der Waals surface area (Å²) in [5.74, 6) is -1.09. The second kappa shape index (κ2) is 8.25. The van der Waals surface area contributed by atoms with E-state index < -0.39 is 5.91 Å². The number of quaternary nitrogens is 1. The summed E-state index contributed by atoms with van der Waals surface area (Å²) < 4.78 is 5.09. The number of piperidine rings is 1. The lowest BCUT2D eigenvalue weighted by molar-refractivity contribution is -0.921. The predicted octanol–water partition coefficient (Wildman–Crippen LogP) is 0.0320. The van der Waals surface area contributed by atoms with Crippen molar-refractivity contribution in [3.05, 3.63) is 17.0 Å². The zero-order valence-electron chi connectivity index (χ0n) is 14.0. The Bertz CT molecular complexity index is 616. The number of rotatable bonds is 6. The molecule has 1 aliphatic rings. The van der Waals surface area contributed by atoms with Crippen LogP contribution in [0.15, 0.2) is 11.4 Å². The Balaban J connectivity index is 1.98. The highest BCUT2D eigenvalue weighted by molar-refractivity contribution is 7.14. The second-order valence-corrected chi connectivity index (χ2v) is 6.86. The predicted molar refractivity (Wildman–Crippen MR) is 91.0 cm³/mol. The van der Waals surface area contributed by atoms with Gasteiger partial charge >= 0.3 is 5.97 Å². The SMILES string of the molecule is CCOC(=O)[C@H]1CCC[NH+]([C@@H](C)C(=O)Nc2sccc2C(N)=O)C1. The van der Waals surface area contributed by atoms with Gasteiger partial charge in [0.15, 0.2) is 6.04 Å². The topological polar surface area (TPSA) is 103 Å². The first-order valence-corrected chi connectivity index (χ1v) is 9.01. The number of ether oxygens (including phenoxy) is 1. The minimum Gasteiger partial charge on any atom is -0.466 e. The highest BCUT2D eigenvalue weighted by atomic mass is 32.1. The molecule has 24 heavy (non-hydrogen) atoms. The number of nitrogens with two attached hydrogens (primary N) is 1. The Morgan fingerprint density at radius 1 is 1.50 bits per heavy atom. The molecule has 2 rings (SSSR count). The van der Waals surface area contributed by atoms with Gasteiger partial charge in [0.2, 0.25) is 0 Å². The number of hydrogen-bond donors (Lipinski definition) is 3. The molecule has 1 aromatic heterocycles. The Morgan fingerprint density at radius 3 is 2.92 bits per heavy atom. The van der Waals surface area contributed by atoms with Crippen molar-refractivity contribution in [1.82, 2.24) is 0 Å². The maximum absolute atomic E-state index is 12.5. The van der Waals surface area contributed by atoms with E-state index in [-0.39, 0.29) is 23.8 Å². The molecule has 1 fully saturated rings. The van der Waals surface area contributed by atoms with E-state index in [0.717, 1.165) is 24.3 Å². The van der Waals surface area contributed by atoms with Gasteiger partial charge in [0.25, 0.3) is 11.8 Å². The summed E-state index contributed by atoms with van der Waals surface area (Å²) in [6.45, 7) is 5.40. The maximum Gasteiger partial charge on any atom is 0.314 e. The number of amides is 2. The average Bonchev–Trinajstić information content (AvgIpc) is 3.02. The van der Waals surface area contributed by atoms with Crippen LogP contribution in [0, 0.1) is 5.92 Å². The molecule has 0 saturated carbocycles. The molecule has 0 aromatic carbocycles. The number of likely N-dealkylation sites (tertiary alicyclic amines) is 1. The molecule has 0 aliphatic carbocycles. The zero-order chi connectivity index (χ0) is 17.7. The minimum absolute atomic E-state index is 0.160. The van der Waals surface area contributed by atoms with Crippen molar-refractivity contribution in [2.24, 2.45) is 11.7 Å². The third-order valence-corrected chi connectivity index (χ3v) is 5.18. The summed E-state index contributed by atoms with van der Waals surface area (Å²) >= 11 is 1.27. The van der Waals surface area contributed by atoms with Crippen LogP contribution < -0.4 is 16.0 Å². The smallest absolute Gasteiger partial charge is 0.314 e. The van der Waals surface area contributed by atoms with Crippen LogP contribution in [-0.4, -0.2) is 43.5 Å². The minimum atomic E-state index is -0.563. The first-order valence-electron chi connectivity index (χ1n) is 8.13. The Labute approximate surface area is 145 Å². The Morgan fingerprint density at radius 2 is 2.25 bits per heavy atom. The van der Waals surface area contributed by atoms with Crippen molar-refractivity contribution in [2.75, 3.05) is 25.0 Å². The van der Waals surface area contributed by atoms with Crippen molar-refractivity contribution in [3.8, 4) is 0 Å². The van der Waals surface area contributed by atoms with Gasteiger partial charge in [0.05, 0.1) is 25.3 Å². The molecule has 7 nitrogen and oxygen atoms in total. The molecule has 1 aliphatic heterocycles. The van der Waals surface area contributed by atoms with Crippen LogP contribution >= 0.6 is 11.3 Å². The van der Waals surface area contributed by atoms with Crippen LogP contribution in [0.1, 0.15) is 37.0 Å². The van der Waals surface area contributed by atoms with Gasteiger partial charge in [-0.15, -0.1) is 11.3 Å². The third-order valence-electron chi connectivity index (χ3n) is 4.35. The standard InChI is InChI=1S/C16H23N3O4S/c1-3-23-16(22)11-5-4-7-19(9-11)10(2)14(21)18-15-12(13(17)20)6-8-24-15/h6,8,10-11H,3-5,7,9H2,1-2H3,(H2,17,20)(H,18,21)/p+1/t10-,11-/m0/s1. The molecule has 132 valence electrons. The van der Waals surface area contributed by atoms with Gasteiger partial charge in [-0.3, -0.25) is 14.4 Å². The number of anilines is 1. The summed E-state index contributed by atoms with van der Waals surface area (Å²) in [5, 5.41) is 4.96. The van der Waals surface area contributed by atoms with Gasteiger partial charge in [-0.2, -0.15) is 0 Å². The van der Waals surface area contributed by atoms with E-state index in [9.17, 15) is 14.4 Å². The molecule has 1 unspecified atom stereocenters. The summed E-state index contributed by atoms with van der Waals surface area (Å²) in [5.41, 5.74) is 5.61. The summed E-state index contributed by atoms with van der Waals surface area (Å²) in [6, 6.07) is 1.27. The van der Waals surface area contributed by atoms with E-state index in [2.05, 4.69) is 5.32 Å². The fourth-order valence-corrected chi connectivity index (χ4v) is 3.75. The van der Waals surface area contributed by atoms with Crippen LogP contribution in [0.4, 0.5) is 5.00 Å². The molecule has 3 atom stereocenters. The average molecular weight is 354 g/mol. The van der Waals surface area contributed by atoms with E-state index >= 15 is 0 Å². The van der Waals surface area contributed by atoms with Crippen molar-refractivity contribution in [2.45, 2.75) is 32.7 Å². The number of nitrogens with one attached hydrogen (secondary N) is 2. The van der Waals surface area contributed by atoms with Gasteiger partial charge in [-0.25, -0.2) is 0 Å². The number of hydrogen-bond acceptors (Lipinski definition) is 5. The molecule has 1 saturated heterocycles. The molecule has 4 N–H and O–H groups in total. The molecule has 8 heteroatoms. The van der Waals surface area contributed by atoms with Gasteiger partial charge in [-0.1, -0.05) is 0 Å². The quantitative estimate of drug-likeness (QED) is 0.627.